The van der Waals surface area contributed by atoms with Crippen LogP contribution in [-0.2, 0) is 4.74 Å². The first-order chi connectivity index (χ1) is 8.63. The van der Waals surface area contributed by atoms with E-state index in [1.807, 2.05) is 0 Å². The number of aliphatic hydroxyl groups is 3. The van der Waals surface area contributed by atoms with E-state index < -0.39 is 18.1 Å². The van der Waals surface area contributed by atoms with Gasteiger partial charge in [0.1, 0.15) is 6.10 Å². The number of likely N-dealkylation sites (tertiary alicyclic amines) is 1. The van der Waals surface area contributed by atoms with Gasteiger partial charge < -0.3 is 25.0 Å². The minimum Gasteiger partial charge on any atom is -0.459 e. The SMILES string of the molecule is C[C@@H](O)[C@H](O)[C@@H](CO)C1CN=C(N2CCCC2)O1. The van der Waals surface area contributed by atoms with Crippen LogP contribution in [0.15, 0.2) is 4.99 Å². The molecule has 104 valence electrons. The predicted molar refractivity (Wildman–Crippen MR) is 66.2 cm³/mol. The molecule has 0 radical (unpaired) electrons. The van der Waals surface area contributed by atoms with Gasteiger partial charge in [0.2, 0.25) is 0 Å². The number of hydrogen-bond donors (Lipinski definition) is 3. The molecule has 2 heterocycles. The zero-order valence-corrected chi connectivity index (χ0v) is 10.7. The number of amidine groups is 1. The topological polar surface area (TPSA) is 85.5 Å². The molecule has 0 aliphatic carbocycles. The lowest BCUT2D eigenvalue weighted by atomic mass is 9.93. The van der Waals surface area contributed by atoms with E-state index in [4.69, 9.17) is 4.74 Å². The van der Waals surface area contributed by atoms with Gasteiger partial charge in [-0.25, -0.2) is 4.99 Å². The molecule has 1 saturated heterocycles. The van der Waals surface area contributed by atoms with Crippen molar-refractivity contribution in [2.24, 2.45) is 10.9 Å². The number of aliphatic hydroxyl groups excluding tert-OH is 3. The first kappa shape index (κ1) is 13.6. The van der Waals surface area contributed by atoms with Crippen molar-refractivity contribution < 1.29 is 20.1 Å². The van der Waals surface area contributed by atoms with E-state index in [1.165, 1.54) is 6.92 Å². The second kappa shape index (κ2) is 5.86. The average Bonchev–Trinajstić information content (AvgIpc) is 2.99. The molecule has 0 saturated carbocycles. The standard InChI is InChI=1S/C12H22N2O4/c1-8(16)11(17)9(7-15)10-6-13-12(18-10)14-4-2-3-5-14/h8-11,15-17H,2-7H2,1H3/t8-,9+,10?,11+/m1/s1. The summed E-state index contributed by atoms with van der Waals surface area (Å²) in [5.74, 6) is -0.506. The maximum absolute atomic E-state index is 9.84. The van der Waals surface area contributed by atoms with Gasteiger partial charge in [0.05, 0.1) is 25.4 Å². The maximum atomic E-state index is 9.84. The van der Waals surface area contributed by atoms with Crippen molar-refractivity contribution in [3.8, 4) is 0 Å². The quantitative estimate of drug-likeness (QED) is 0.614. The number of ether oxygens (including phenoxy) is 1. The maximum Gasteiger partial charge on any atom is 0.287 e. The Bertz CT molecular complexity index is 302. The molecule has 6 heteroatoms. The summed E-state index contributed by atoms with van der Waals surface area (Å²) in [6.07, 6.45) is 0.0597. The second-order valence-corrected chi connectivity index (χ2v) is 5.05. The van der Waals surface area contributed by atoms with Crippen molar-refractivity contribution >= 4 is 6.02 Å². The van der Waals surface area contributed by atoms with E-state index in [2.05, 4.69) is 9.89 Å². The van der Waals surface area contributed by atoms with Gasteiger partial charge in [0.25, 0.3) is 6.02 Å². The molecule has 1 fully saturated rings. The molecule has 0 aromatic rings. The lowest BCUT2D eigenvalue weighted by Crippen LogP contribution is -2.43. The van der Waals surface area contributed by atoms with Crippen LogP contribution in [0, 0.1) is 5.92 Å². The van der Waals surface area contributed by atoms with Gasteiger partial charge in [-0.15, -0.1) is 0 Å². The molecule has 2 aliphatic rings. The van der Waals surface area contributed by atoms with Crippen molar-refractivity contribution in [3.05, 3.63) is 0 Å². The molecule has 0 amide bonds. The first-order valence-corrected chi connectivity index (χ1v) is 6.56. The van der Waals surface area contributed by atoms with E-state index in [0.29, 0.717) is 12.6 Å². The van der Waals surface area contributed by atoms with E-state index in [1.54, 1.807) is 0 Å². The molecule has 0 aromatic carbocycles. The van der Waals surface area contributed by atoms with Crippen LogP contribution < -0.4 is 0 Å². The van der Waals surface area contributed by atoms with Gasteiger partial charge in [0, 0.05) is 19.0 Å². The van der Waals surface area contributed by atoms with Crippen LogP contribution >= 0.6 is 0 Å². The van der Waals surface area contributed by atoms with Crippen LogP contribution in [-0.4, -0.2) is 70.8 Å². The molecular formula is C12H22N2O4. The van der Waals surface area contributed by atoms with Gasteiger partial charge in [-0.3, -0.25) is 0 Å². The molecule has 0 spiro atoms. The van der Waals surface area contributed by atoms with Crippen LogP contribution in [0.4, 0.5) is 0 Å². The Kier molecular flexibility index (Phi) is 4.42. The van der Waals surface area contributed by atoms with Gasteiger partial charge in [-0.05, 0) is 19.8 Å². The fourth-order valence-corrected chi connectivity index (χ4v) is 2.49. The summed E-state index contributed by atoms with van der Waals surface area (Å²) in [6, 6.07) is 0.619. The van der Waals surface area contributed by atoms with Crippen LogP contribution in [0.5, 0.6) is 0 Å². The van der Waals surface area contributed by atoms with Gasteiger partial charge >= 0.3 is 0 Å². The minimum absolute atomic E-state index is 0.223. The molecule has 0 bridgehead atoms. The van der Waals surface area contributed by atoms with Crippen LogP contribution in [0.2, 0.25) is 0 Å². The molecule has 2 rings (SSSR count). The molecular weight excluding hydrogens is 236 g/mol. The predicted octanol–water partition coefficient (Wildman–Crippen LogP) is -0.813. The number of rotatable bonds is 4. The summed E-state index contributed by atoms with van der Waals surface area (Å²) >= 11 is 0. The molecule has 18 heavy (non-hydrogen) atoms. The Morgan fingerprint density at radius 3 is 2.61 bits per heavy atom. The van der Waals surface area contributed by atoms with Crippen molar-refractivity contribution in [1.82, 2.24) is 4.90 Å². The first-order valence-electron chi connectivity index (χ1n) is 6.56. The molecule has 2 aliphatic heterocycles. The summed E-state index contributed by atoms with van der Waals surface area (Å²) in [6.45, 7) is 3.62. The summed E-state index contributed by atoms with van der Waals surface area (Å²) < 4.78 is 5.71. The Morgan fingerprint density at radius 1 is 1.39 bits per heavy atom. The molecule has 1 unspecified atom stereocenters. The summed E-state index contributed by atoms with van der Waals surface area (Å²) in [5, 5.41) is 28.6. The van der Waals surface area contributed by atoms with Gasteiger partial charge in [-0.1, -0.05) is 0 Å². The van der Waals surface area contributed by atoms with E-state index in [-0.39, 0.29) is 12.7 Å². The highest BCUT2D eigenvalue weighted by atomic mass is 16.5. The summed E-state index contributed by atoms with van der Waals surface area (Å²) in [4.78, 5) is 6.41. The minimum atomic E-state index is -0.992. The van der Waals surface area contributed by atoms with Crippen molar-refractivity contribution in [2.45, 2.75) is 38.1 Å². The largest absolute Gasteiger partial charge is 0.459 e. The van der Waals surface area contributed by atoms with E-state index >= 15 is 0 Å². The normalized spacial score (nSPS) is 28.8. The monoisotopic (exact) mass is 258 g/mol. The van der Waals surface area contributed by atoms with E-state index in [9.17, 15) is 15.3 Å². The Balaban J connectivity index is 1.92. The zero-order valence-electron chi connectivity index (χ0n) is 10.7. The third-order valence-electron chi connectivity index (χ3n) is 3.66. The highest BCUT2D eigenvalue weighted by Gasteiger charge is 2.37. The van der Waals surface area contributed by atoms with Crippen LogP contribution in [0.3, 0.4) is 0 Å². The number of hydrogen-bond acceptors (Lipinski definition) is 6. The fourth-order valence-electron chi connectivity index (χ4n) is 2.49. The third kappa shape index (κ3) is 2.76. The third-order valence-corrected chi connectivity index (χ3v) is 3.66. The molecule has 6 nitrogen and oxygen atoms in total. The van der Waals surface area contributed by atoms with Gasteiger partial charge in [0.15, 0.2) is 0 Å². The van der Waals surface area contributed by atoms with Crippen LogP contribution in [0.1, 0.15) is 19.8 Å². The smallest absolute Gasteiger partial charge is 0.287 e. The van der Waals surface area contributed by atoms with Crippen LogP contribution in [0.25, 0.3) is 0 Å². The zero-order chi connectivity index (χ0) is 13.1. The highest BCUT2D eigenvalue weighted by molar-refractivity contribution is 5.75. The Hall–Kier alpha value is -0.850. The number of aliphatic imine (C=N–C) groups is 1. The highest BCUT2D eigenvalue weighted by Crippen LogP contribution is 2.22. The second-order valence-electron chi connectivity index (χ2n) is 5.05. The average molecular weight is 258 g/mol. The molecule has 0 aromatic heterocycles. The van der Waals surface area contributed by atoms with Crippen molar-refractivity contribution in [3.63, 3.8) is 0 Å². The fraction of sp³-hybridized carbons (Fsp3) is 0.917. The Morgan fingerprint density at radius 2 is 2.06 bits per heavy atom. The summed E-state index contributed by atoms with van der Waals surface area (Å²) in [5.41, 5.74) is 0. The van der Waals surface area contributed by atoms with Gasteiger partial charge in [-0.2, -0.15) is 0 Å². The van der Waals surface area contributed by atoms with Crippen molar-refractivity contribution in [2.75, 3.05) is 26.2 Å². The molecule has 3 N–H and O–H groups in total. The lowest BCUT2D eigenvalue weighted by molar-refractivity contribution is -0.0601. The van der Waals surface area contributed by atoms with E-state index in [0.717, 1.165) is 25.9 Å². The lowest BCUT2D eigenvalue weighted by Gasteiger charge is -2.28. The summed E-state index contributed by atoms with van der Waals surface area (Å²) in [7, 11) is 0. The number of nitrogens with zero attached hydrogens (tertiary/aromatic N) is 2. The van der Waals surface area contributed by atoms with Crippen molar-refractivity contribution in [1.29, 1.82) is 0 Å². The molecule has 4 atom stereocenters. The Labute approximate surface area is 107 Å².